The molecule has 0 bridgehead atoms. The summed E-state index contributed by atoms with van der Waals surface area (Å²) in [6.45, 7) is 4.02. The number of carbonyl (C=O) groups excluding carboxylic acids is 1. The lowest BCUT2D eigenvalue weighted by Crippen LogP contribution is -2.32. The highest BCUT2D eigenvalue weighted by molar-refractivity contribution is 5.92. The van der Waals surface area contributed by atoms with Gasteiger partial charge in [0, 0.05) is 11.3 Å². The molecule has 1 atom stereocenters. The van der Waals surface area contributed by atoms with Gasteiger partial charge < -0.3 is 9.73 Å². The Morgan fingerprint density at radius 2 is 1.81 bits per heavy atom. The molecule has 7 heteroatoms. The van der Waals surface area contributed by atoms with Gasteiger partial charge in [-0.25, -0.2) is 4.39 Å². The third-order valence-corrected chi connectivity index (χ3v) is 4.28. The van der Waals surface area contributed by atoms with Crippen molar-refractivity contribution in [2.45, 2.75) is 19.9 Å². The zero-order valence-electron chi connectivity index (χ0n) is 15.4. The van der Waals surface area contributed by atoms with Gasteiger partial charge in [-0.3, -0.25) is 9.69 Å². The third-order valence-electron chi connectivity index (χ3n) is 4.28. The van der Waals surface area contributed by atoms with Crippen LogP contribution in [0.15, 0.2) is 52.9 Å². The summed E-state index contributed by atoms with van der Waals surface area (Å²) in [7, 11) is 1.80. The maximum atomic E-state index is 12.9. The molecular weight excluding hydrogens is 347 g/mol. The van der Waals surface area contributed by atoms with E-state index < -0.39 is 0 Å². The maximum Gasteiger partial charge on any atom is 0.247 e. The van der Waals surface area contributed by atoms with Crippen LogP contribution in [0.5, 0.6) is 0 Å². The molecule has 0 fully saturated rings. The van der Waals surface area contributed by atoms with Crippen molar-refractivity contribution in [3.63, 3.8) is 0 Å². The van der Waals surface area contributed by atoms with E-state index in [1.807, 2.05) is 38.1 Å². The van der Waals surface area contributed by atoms with Crippen LogP contribution in [0.4, 0.5) is 10.1 Å². The van der Waals surface area contributed by atoms with Gasteiger partial charge in [0.1, 0.15) is 5.82 Å². The van der Waals surface area contributed by atoms with Gasteiger partial charge in [-0.15, -0.1) is 10.2 Å². The van der Waals surface area contributed by atoms with Crippen molar-refractivity contribution in [1.82, 2.24) is 15.1 Å². The van der Waals surface area contributed by atoms with E-state index in [4.69, 9.17) is 4.42 Å². The van der Waals surface area contributed by atoms with Crippen LogP contribution < -0.4 is 5.32 Å². The lowest BCUT2D eigenvalue weighted by Gasteiger charge is -2.21. The number of anilines is 1. The number of aromatic nitrogens is 2. The Labute approximate surface area is 157 Å². The standard InChI is InChI=1S/C20H21FN4O2/c1-13-4-6-15(7-5-13)20-24-23-19(27-20)14(2)25(3)12-18(26)22-17-10-8-16(21)9-11-17/h4-11,14H,12H2,1-3H3,(H,22,26). The summed E-state index contributed by atoms with van der Waals surface area (Å²) in [6, 6.07) is 13.2. The predicted octanol–water partition coefficient (Wildman–Crippen LogP) is 3.82. The van der Waals surface area contributed by atoms with Gasteiger partial charge in [0.05, 0.1) is 12.6 Å². The number of halogens is 1. The molecule has 1 amide bonds. The first kappa shape index (κ1) is 18.7. The van der Waals surface area contributed by atoms with E-state index in [0.29, 0.717) is 17.5 Å². The largest absolute Gasteiger partial charge is 0.419 e. The monoisotopic (exact) mass is 368 g/mol. The van der Waals surface area contributed by atoms with E-state index in [2.05, 4.69) is 15.5 Å². The molecular formula is C20H21FN4O2. The number of aryl methyl sites for hydroxylation is 1. The molecule has 1 aromatic heterocycles. The van der Waals surface area contributed by atoms with Gasteiger partial charge >= 0.3 is 0 Å². The van der Waals surface area contributed by atoms with E-state index in [-0.39, 0.29) is 24.3 Å². The zero-order chi connectivity index (χ0) is 19.4. The third kappa shape index (κ3) is 4.77. The Kier molecular flexibility index (Phi) is 5.61. The molecule has 1 heterocycles. The van der Waals surface area contributed by atoms with Crippen LogP contribution in [0, 0.1) is 12.7 Å². The van der Waals surface area contributed by atoms with Gasteiger partial charge in [-0.1, -0.05) is 17.7 Å². The van der Waals surface area contributed by atoms with Crippen molar-refractivity contribution in [2.24, 2.45) is 0 Å². The van der Waals surface area contributed by atoms with Crippen molar-refractivity contribution in [2.75, 3.05) is 18.9 Å². The summed E-state index contributed by atoms with van der Waals surface area (Å²) >= 11 is 0. The van der Waals surface area contributed by atoms with Crippen molar-refractivity contribution < 1.29 is 13.6 Å². The van der Waals surface area contributed by atoms with Crippen LogP contribution >= 0.6 is 0 Å². The first-order chi connectivity index (χ1) is 12.9. The molecule has 2 aromatic carbocycles. The quantitative estimate of drug-likeness (QED) is 0.716. The number of hydrogen-bond acceptors (Lipinski definition) is 5. The van der Waals surface area contributed by atoms with Crippen molar-refractivity contribution in [1.29, 1.82) is 0 Å². The Bertz CT molecular complexity index is 906. The molecule has 1 N–H and O–H groups in total. The normalized spacial score (nSPS) is 12.2. The molecule has 3 aromatic rings. The van der Waals surface area contributed by atoms with Gasteiger partial charge in [0.25, 0.3) is 0 Å². The van der Waals surface area contributed by atoms with E-state index in [9.17, 15) is 9.18 Å². The predicted molar refractivity (Wildman–Crippen MR) is 101 cm³/mol. The average Bonchev–Trinajstić information content (AvgIpc) is 3.13. The highest BCUT2D eigenvalue weighted by Crippen LogP contribution is 2.23. The molecule has 0 radical (unpaired) electrons. The van der Waals surface area contributed by atoms with Crippen LogP contribution in [-0.4, -0.2) is 34.6 Å². The van der Waals surface area contributed by atoms with E-state index in [1.54, 1.807) is 11.9 Å². The summed E-state index contributed by atoms with van der Waals surface area (Å²) in [5, 5.41) is 10.9. The van der Waals surface area contributed by atoms with Crippen molar-refractivity contribution >= 4 is 11.6 Å². The summed E-state index contributed by atoms with van der Waals surface area (Å²) in [5.41, 5.74) is 2.55. The van der Waals surface area contributed by atoms with Crippen LogP contribution in [0.1, 0.15) is 24.4 Å². The fourth-order valence-corrected chi connectivity index (χ4v) is 2.50. The van der Waals surface area contributed by atoms with Crippen LogP contribution in [0.25, 0.3) is 11.5 Å². The maximum absolute atomic E-state index is 12.9. The lowest BCUT2D eigenvalue weighted by molar-refractivity contribution is -0.117. The first-order valence-corrected chi connectivity index (χ1v) is 8.58. The second kappa shape index (κ2) is 8.09. The van der Waals surface area contributed by atoms with Crippen LogP contribution in [0.2, 0.25) is 0 Å². The van der Waals surface area contributed by atoms with Gasteiger partial charge in [0.15, 0.2) is 0 Å². The Hall–Kier alpha value is -3.06. The van der Waals surface area contributed by atoms with Gasteiger partial charge in [-0.05, 0) is 57.3 Å². The molecule has 0 saturated heterocycles. The summed E-state index contributed by atoms with van der Waals surface area (Å²) in [4.78, 5) is 14.0. The molecule has 27 heavy (non-hydrogen) atoms. The van der Waals surface area contributed by atoms with E-state index >= 15 is 0 Å². The average molecular weight is 368 g/mol. The van der Waals surface area contributed by atoms with Gasteiger partial charge in [0.2, 0.25) is 17.7 Å². The molecule has 1 unspecified atom stereocenters. The van der Waals surface area contributed by atoms with Crippen molar-refractivity contribution in [3.05, 3.63) is 65.8 Å². The molecule has 0 spiro atoms. The molecule has 3 rings (SSSR count). The minimum atomic E-state index is -0.348. The lowest BCUT2D eigenvalue weighted by atomic mass is 10.1. The van der Waals surface area contributed by atoms with E-state index in [1.165, 1.54) is 24.3 Å². The molecule has 6 nitrogen and oxygen atoms in total. The number of nitrogens with one attached hydrogen (secondary N) is 1. The van der Waals surface area contributed by atoms with Gasteiger partial charge in [-0.2, -0.15) is 0 Å². The number of nitrogens with zero attached hydrogens (tertiary/aromatic N) is 3. The number of rotatable bonds is 6. The van der Waals surface area contributed by atoms with Crippen LogP contribution in [-0.2, 0) is 4.79 Å². The van der Waals surface area contributed by atoms with Crippen LogP contribution in [0.3, 0.4) is 0 Å². The fourth-order valence-electron chi connectivity index (χ4n) is 2.50. The minimum absolute atomic E-state index is 0.126. The zero-order valence-corrected chi connectivity index (χ0v) is 15.4. The number of likely N-dealkylation sites (N-methyl/N-ethyl adjacent to an activating group) is 1. The minimum Gasteiger partial charge on any atom is -0.419 e. The number of amides is 1. The smallest absolute Gasteiger partial charge is 0.247 e. The summed E-state index contributed by atoms with van der Waals surface area (Å²) in [5.74, 6) is 0.317. The fraction of sp³-hybridized carbons (Fsp3) is 0.250. The Morgan fingerprint density at radius 3 is 2.48 bits per heavy atom. The van der Waals surface area contributed by atoms with Crippen molar-refractivity contribution in [3.8, 4) is 11.5 Å². The second-order valence-corrected chi connectivity index (χ2v) is 6.46. The number of carbonyl (C=O) groups is 1. The van der Waals surface area contributed by atoms with E-state index in [0.717, 1.165) is 11.1 Å². The second-order valence-electron chi connectivity index (χ2n) is 6.46. The topological polar surface area (TPSA) is 71.3 Å². The highest BCUT2D eigenvalue weighted by atomic mass is 19.1. The Balaban J connectivity index is 1.61. The summed E-state index contributed by atoms with van der Waals surface area (Å²) < 4.78 is 18.7. The number of benzene rings is 2. The molecule has 0 aliphatic carbocycles. The SMILES string of the molecule is Cc1ccc(-c2nnc(C(C)N(C)CC(=O)Nc3ccc(F)cc3)o2)cc1. The summed E-state index contributed by atoms with van der Waals surface area (Å²) in [6.07, 6.45) is 0. The highest BCUT2D eigenvalue weighted by Gasteiger charge is 2.21. The number of hydrogen-bond donors (Lipinski definition) is 1. The Morgan fingerprint density at radius 1 is 1.15 bits per heavy atom. The first-order valence-electron chi connectivity index (χ1n) is 8.58. The molecule has 0 saturated carbocycles. The molecule has 0 aliphatic rings. The molecule has 140 valence electrons. The molecule has 0 aliphatic heterocycles.